The fourth-order valence-corrected chi connectivity index (χ4v) is 2.31. The molecule has 1 fully saturated rings. The van der Waals surface area contributed by atoms with Gasteiger partial charge in [-0.15, -0.1) is 0 Å². The van der Waals surface area contributed by atoms with Gasteiger partial charge in [0.2, 0.25) is 5.91 Å². The zero-order valence-electron chi connectivity index (χ0n) is 11.7. The second kappa shape index (κ2) is 7.06. The number of nitriles is 1. The van der Waals surface area contributed by atoms with Gasteiger partial charge < -0.3 is 10.1 Å². The van der Waals surface area contributed by atoms with Crippen molar-refractivity contribution in [1.82, 2.24) is 9.78 Å². The SMILES string of the molecule is C[C@@H]1CC[C@@H](CCC(=O)Nc2ccn(CCC#N)n2)O1. The van der Waals surface area contributed by atoms with Gasteiger partial charge >= 0.3 is 0 Å². The second-order valence-electron chi connectivity index (χ2n) is 5.11. The number of carbonyl (C=O) groups excluding carboxylic acids is 1. The predicted molar refractivity (Wildman–Crippen MR) is 73.9 cm³/mol. The molecule has 0 aromatic carbocycles. The fraction of sp³-hybridized carbons (Fsp3) is 0.643. The van der Waals surface area contributed by atoms with E-state index in [1.807, 2.05) is 0 Å². The van der Waals surface area contributed by atoms with E-state index in [0.717, 1.165) is 19.3 Å². The summed E-state index contributed by atoms with van der Waals surface area (Å²) in [7, 11) is 0. The predicted octanol–water partition coefficient (Wildman–Crippen LogP) is 2.08. The van der Waals surface area contributed by atoms with E-state index in [4.69, 9.17) is 10.00 Å². The first-order valence-electron chi connectivity index (χ1n) is 7.03. The number of aromatic nitrogens is 2. The maximum absolute atomic E-state index is 11.8. The van der Waals surface area contributed by atoms with Crippen molar-refractivity contribution >= 4 is 11.7 Å². The molecule has 1 aliphatic rings. The Balaban J connectivity index is 1.71. The molecule has 108 valence electrons. The molecule has 20 heavy (non-hydrogen) atoms. The van der Waals surface area contributed by atoms with Crippen molar-refractivity contribution in [3.05, 3.63) is 12.3 Å². The summed E-state index contributed by atoms with van der Waals surface area (Å²) in [4.78, 5) is 11.8. The van der Waals surface area contributed by atoms with Gasteiger partial charge in [0.15, 0.2) is 5.82 Å². The van der Waals surface area contributed by atoms with Gasteiger partial charge in [0, 0.05) is 18.7 Å². The van der Waals surface area contributed by atoms with Crippen molar-refractivity contribution in [2.45, 2.75) is 57.8 Å². The summed E-state index contributed by atoms with van der Waals surface area (Å²) in [6.45, 7) is 2.61. The molecule has 0 radical (unpaired) electrons. The van der Waals surface area contributed by atoms with Crippen LogP contribution in [0.15, 0.2) is 12.3 Å². The molecule has 1 aromatic heterocycles. The lowest BCUT2D eigenvalue weighted by atomic mass is 10.1. The molecule has 1 saturated heterocycles. The van der Waals surface area contributed by atoms with Crippen LogP contribution < -0.4 is 5.32 Å². The summed E-state index contributed by atoms with van der Waals surface area (Å²) >= 11 is 0. The van der Waals surface area contributed by atoms with Crippen molar-refractivity contribution in [2.24, 2.45) is 0 Å². The van der Waals surface area contributed by atoms with Crippen LogP contribution in [0, 0.1) is 11.3 Å². The first-order valence-corrected chi connectivity index (χ1v) is 7.03. The Kier molecular flexibility index (Phi) is 5.13. The fourth-order valence-electron chi connectivity index (χ4n) is 2.31. The van der Waals surface area contributed by atoms with Gasteiger partial charge in [0.05, 0.1) is 31.2 Å². The third-order valence-corrected chi connectivity index (χ3v) is 3.37. The number of ether oxygens (including phenoxy) is 1. The van der Waals surface area contributed by atoms with Crippen molar-refractivity contribution < 1.29 is 9.53 Å². The minimum absolute atomic E-state index is 0.0429. The first-order chi connectivity index (χ1) is 9.67. The molecular weight excluding hydrogens is 256 g/mol. The maximum Gasteiger partial charge on any atom is 0.225 e. The molecule has 1 aliphatic heterocycles. The molecule has 0 bridgehead atoms. The van der Waals surface area contributed by atoms with E-state index < -0.39 is 0 Å². The number of carbonyl (C=O) groups is 1. The Morgan fingerprint density at radius 1 is 1.65 bits per heavy atom. The zero-order valence-corrected chi connectivity index (χ0v) is 11.7. The number of hydrogen-bond donors (Lipinski definition) is 1. The lowest BCUT2D eigenvalue weighted by Gasteiger charge is -2.10. The molecule has 2 atom stereocenters. The number of nitrogens with zero attached hydrogens (tertiary/aromatic N) is 3. The molecule has 2 heterocycles. The van der Waals surface area contributed by atoms with E-state index in [2.05, 4.69) is 23.4 Å². The van der Waals surface area contributed by atoms with Crippen LogP contribution >= 0.6 is 0 Å². The summed E-state index contributed by atoms with van der Waals surface area (Å²) in [5, 5.41) is 15.4. The normalized spacial score (nSPS) is 21.6. The molecule has 0 saturated carbocycles. The van der Waals surface area contributed by atoms with Crippen LogP contribution in [0.5, 0.6) is 0 Å². The smallest absolute Gasteiger partial charge is 0.225 e. The van der Waals surface area contributed by atoms with Crippen LogP contribution in [0.3, 0.4) is 0 Å². The number of aryl methyl sites for hydroxylation is 1. The Bertz CT molecular complexity index is 492. The van der Waals surface area contributed by atoms with Crippen molar-refractivity contribution in [3.63, 3.8) is 0 Å². The quantitative estimate of drug-likeness (QED) is 0.862. The highest BCUT2D eigenvalue weighted by molar-refractivity contribution is 5.89. The van der Waals surface area contributed by atoms with E-state index in [1.165, 1.54) is 0 Å². The third kappa shape index (κ3) is 4.35. The number of hydrogen-bond acceptors (Lipinski definition) is 4. The van der Waals surface area contributed by atoms with Crippen molar-refractivity contribution in [1.29, 1.82) is 5.26 Å². The molecule has 1 N–H and O–H groups in total. The van der Waals surface area contributed by atoms with Gasteiger partial charge in [-0.25, -0.2) is 0 Å². The standard InChI is InChI=1S/C14H20N4O2/c1-11-3-4-12(20-11)5-6-14(19)16-13-7-10-18(17-13)9-2-8-15/h7,10-12H,2-6,9H2,1H3,(H,16,17,19)/t11-,12+/m1/s1. The highest BCUT2D eigenvalue weighted by Gasteiger charge is 2.22. The highest BCUT2D eigenvalue weighted by atomic mass is 16.5. The number of amides is 1. The molecule has 0 spiro atoms. The summed E-state index contributed by atoms with van der Waals surface area (Å²) in [5.41, 5.74) is 0. The van der Waals surface area contributed by atoms with Crippen LogP contribution in [-0.2, 0) is 16.1 Å². The average Bonchev–Trinajstić information content (AvgIpc) is 3.03. The van der Waals surface area contributed by atoms with Gasteiger partial charge in [-0.2, -0.15) is 10.4 Å². The Hall–Kier alpha value is -1.87. The van der Waals surface area contributed by atoms with Gasteiger partial charge in [-0.05, 0) is 26.2 Å². The molecule has 6 nitrogen and oxygen atoms in total. The molecular formula is C14H20N4O2. The Morgan fingerprint density at radius 3 is 3.20 bits per heavy atom. The second-order valence-corrected chi connectivity index (χ2v) is 5.11. The van der Waals surface area contributed by atoms with Crippen molar-refractivity contribution in [3.8, 4) is 6.07 Å². The zero-order chi connectivity index (χ0) is 14.4. The minimum Gasteiger partial charge on any atom is -0.375 e. The average molecular weight is 276 g/mol. The summed E-state index contributed by atoms with van der Waals surface area (Å²) in [5.74, 6) is 0.493. The maximum atomic E-state index is 11.8. The van der Waals surface area contributed by atoms with Crippen LogP contribution in [0.1, 0.15) is 39.0 Å². The van der Waals surface area contributed by atoms with Crippen molar-refractivity contribution in [2.75, 3.05) is 5.32 Å². The summed E-state index contributed by atoms with van der Waals surface area (Å²) in [6.07, 6.45) is 6.02. The minimum atomic E-state index is -0.0429. The first kappa shape index (κ1) is 14.5. The number of nitrogens with one attached hydrogen (secondary N) is 1. The molecule has 0 aliphatic carbocycles. The molecule has 1 amide bonds. The lowest BCUT2D eigenvalue weighted by Crippen LogP contribution is -2.16. The number of anilines is 1. The Labute approximate surface area is 118 Å². The van der Waals surface area contributed by atoms with E-state index in [-0.39, 0.29) is 12.0 Å². The Morgan fingerprint density at radius 2 is 2.50 bits per heavy atom. The molecule has 2 rings (SSSR count). The van der Waals surface area contributed by atoms with E-state index in [0.29, 0.717) is 31.3 Å². The lowest BCUT2D eigenvalue weighted by molar-refractivity contribution is -0.116. The van der Waals surface area contributed by atoms with Crippen LogP contribution in [0.25, 0.3) is 0 Å². The third-order valence-electron chi connectivity index (χ3n) is 3.37. The summed E-state index contributed by atoms with van der Waals surface area (Å²) < 4.78 is 7.33. The molecule has 0 unspecified atom stereocenters. The highest BCUT2D eigenvalue weighted by Crippen LogP contribution is 2.22. The molecule has 6 heteroatoms. The van der Waals surface area contributed by atoms with Gasteiger partial charge in [0.25, 0.3) is 0 Å². The summed E-state index contributed by atoms with van der Waals surface area (Å²) in [6, 6.07) is 3.80. The monoisotopic (exact) mass is 276 g/mol. The van der Waals surface area contributed by atoms with Crippen LogP contribution in [0.4, 0.5) is 5.82 Å². The largest absolute Gasteiger partial charge is 0.375 e. The molecule has 1 aromatic rings. The van der Waals surface area contributed by atoms with E-state index in [1.54, 1.807) is 16.9 Å². The van der Waals surface area contributed by atoms with Gasteiger partial charge in [0.1, 0.15) is 0 Å². The van der Waals surface area contributed by atoms with E-state index >= 15 is 0 Å². The van der Waals surface area contributed by atoms with Crippen LogP contribution in [0.2, 0.25) is 0 Å². The van der Waals surface area contributed by atoms with Gasteiger partial charge in [-0.3, -0.25) is 9.48 Å². The topological polar surface area (TPSA) is 79.9 Å². The van der Waals surface area contributed by atoms with Crippen LogP contribution in [-0.4, -0.2) is 27.9 Å². The van der Waals surface area contributed by atoms with E-state index in [9.17, 15) is 4.79 Å². The van der Waals surface area contributed by atoms with Gasteiger partial charge in [-0.1, -0.05) is 0 Å². The number of rotatable bonds is 6.